The molecule has 0 aliphatic rings. The minimum atomic E-state index is -0.327. The molecule has 0 aromatic heterocycles. The van der Waals surface area contributed by atoms with E-state index in [0.29, 0.717) is 6.04 Å². The lowest BCUT2D eigenvalue weighted by Gasteiger charge is -2.13. The van der Waals surface area contributed by atoms with Crippen LogP contribution in [0.4, 0.5) is 4.39 Å². The molecule has 3 heteroatoms. The number of hydrogen-bond donors (Lipinski definition) is 1. The van der Waals surface area contributed by atoms with E-state index >= 15 is 0 Å². The molecule has 1 unspecified atom stereocenters. The average molecular weight is 230 g/mol. The zero-order chi connectivity index (χ0) is 11.3. The molecular weight excluding hydrogens is 213 g/mol. The van der Waals surface area contributed by atoms with Crippen molar-refractivity contribution in [1.82, 2.24) is 5.32 Å². The molecule has 1 aromatic carbocycles. The number of nitrogens with one attached hydrogen (secondary N) is 1. The molecule has 1 nitrogen and oxygen atoms in total. The maximum atomic E-state index is 13.1. The van der Waals surface area contributed by atoms with E-state index in [-0.39, 0.29) is 10.8 Å². The Morgan fingerprint density at radius 1 is 1.47 bits per heavy atom. The highest BCUT2D eigenvalue weighted by Crippen LogP contribution is 2.21. The SMILES string of the molecule is CCC(CCc1cccc(F)c1Cl)NC. The summed E-state index contributed by atoms with van der Waals surface area (Å²) in [4.78, 5) is 0. The van der Waals surface area contributed by atoms with Gasteiger partial charge < -0.3 is 5.32 Å². The van der Waals surface area contributed by atoms with Crippen molar-refractivity contribution >= 4 is 11.6 Å². The van der Waals surface area contributed by atoms with Gasteiger partial charge in [-0.1, -0.05) is 30.7 Å². The van der Waals surface area contributed by atoms with Crippen LogP contribution in [0.5, 0.6) is 0 Å². The molecule has 1 rings (SSSR count). The summed E-state index contributed by atoms with van der Waals surface area (Å²) in [6.45, 7) is 2.13. The molecule has 1 N–H and O–H groups in total. The lowest BCUT2D eigenvalue weighted by Crippen LogP contribution is -2.24. The molecule has 0 radical (unpaired) electrons. The molecule has 0 heterocycles. The van der Waals surface area contributed by atoms with Crippen molar-refractivity contribution in [1.29, 1.82) is 0 Å². The van der Waals surface area contributed by atoms with E-state index in [9.17, 15) is 4.39 Å². The van der Waals surface area contributed by atoms with Gasteiger partial charge in [0.15, 0.2) is 0 Å². The van der Waals surface area contributed by atoms with Crippen LogP contribution in [-0.4, -0.2) is 13.1 Å². The Bertz CT molecular complexity index is 310. The van der Waals surface area contributed by atoms with Crippen molar-refractivity contribution < 1.29 is 4.39 Å². The molecule has 0 saturated carbocycles. The second kappa shape index (κ2) is 6.09. The first-order valence-corrected chi connectivity index (χ1v) is 5.67. The predicted molar refractivity (Wildman–Crippen MR) is 62.9 cm³/mol. The second-order valence-corrected chi connectivity index (χ2v) is 4.02. The Morgan fingerprint density at radius 2 is 2.20 bits per heavy atom. The summed E-state index contributed by atoms with van der Waals surface area (Å²) in [7, 11) is 1.95. The van der Waals surface area contributed by atoms with Crippen molar-refractivity contribution in [3.63, 3.8) is 0 Å². The Labute approximate surface area is 95.6 Å². The third kappa shape index (κ3) is 3.47. The van der Waals surface area contributed by atoms with Gasteiger partial charge in [-0.15, -0.1) is 0 Å². The zero-order valence-corrected chi connectivity index (χ0v) is 9.94. The molecule has 1 aromatic rings. The maximum Gasteiger partial charge on any atom is 0.142 e. The molecule has 0 amide bonds. The largest absolute Gasteiger partial charge is 0.317 e. The van der Waals surface area contributed by atoms with Gasteiger partial charge in [0.1, 0.15) is 5.82 Å². The minimum Gasteiger partial charge on any atom is -0.317 e. The van der Waals surface area contributed by atoms with Gasteiger partial charge in [0.2, 0.25) is 0 Å². The Morgan fingerprint density at radius 3 is 2.80 bits per heavy atom. The average Bonchev–Trinajstić information content (AvgIpc) is 2.25. The van der Waals surface area contributed by atoms with Crippen LogP contribution >= 0.6 is 11.6 Å². The zero-order valence-electron chi connectivity index (χ0n) is 9.19. The van der Waals surface area contributed by atoms with Gasteiger partial charge in [-0.2, -0.15) is 0 Å². The van der Waals surface area contributed by atoms with Gasteiger partial charge in [0.05, 0.1) is 5.02 Å². The molecule has 0 spiro atoms. The molecule has 0 fully saturated rings. The van der Waals surface area contributed by atoms with E-state index in [1.165, 1.54) is 6.07 Å². The first-order chi connectivity index (χ1) is 7.19. The standard InChI is InChI=1S/C12H17ClFN/c1-3-10(15-2)8-7-9-5-4-6-11(14)12(9)13/h4-6,10,15H,3,7-8H2,1-2H3. The monoisotopic (exact) mass is 229 g/mol. The van der Waals surface area contributed by atoms with Crippen molar-refractivity contribution in [2.45, 2.75) is 32.2 Å². The third-order valence-electron chi connectivity index (χ3n) is 2.69. The van der Waals surface area contributed by atoms with Gasteiger partial charge in [0.25, 0.3) is 0 Å². The summed E-state index contributed by atoms with van der Waals surface area (Å²) < 4.78 is 13.1. The van der Waals surface area contributed by atoms with E-state index in [2.05, 4.69) is 12.2 Å². The van der Waals surface area contributed by atoms with Crippen molar-refractivity contribution in [3.8, 4) is 0 Å². The molecule has 84 valence electrons. The predicted octanol–water partition coefficient (Wildman–Crippen LogP) is 3.41. The minimum absolute atomic E-state index is 0.267. The van der Waals surface area contributed by atoms with Crippen molar-refractivity contribution in [2.24, 2.45) is 0 Å². The number of benzene rings is 1. The van der Waals surface area contributed by atoms with Gasteiger partial charge >= 0.3 is 0 Å². The molecule has 0 aliphatic heterocycles. The highest BCUT2D eigenvalue weighted by Gasteiger charge is 2.08. The van der Waals surface area contributed by atoms with Crippen LogP contribution in [-0.2, 0) is 6.42 Å². The Kier molecular flexibility index (Phi) is 5.06. The molecule has 15 heavy (non-hydrogen) atoms. The number of aryl methyl sites for hydroxylation is 1. The maximum absolute atomic E-state index is 13.1. The van der Waals surface area contributed by atoms with E-state index < -0.39 is 0 Å². The first-order valence-electron chi connectivity index (χ1n) is 5.29. The van der Waals surface area contributed by atoms with Crippen LogP contribution in [0, 0.1) is 5.82 Å². The van der Waals surface area contributed by atoms with Crippen LogP contribution in [0.15, 0.2) is 18.2 Å². The summed E-state index contributed by atoms with van der Waals surface area (Å²) in [6.07, 6.45) is 2.87. The van der Waals surface area contributed by atoms with Gasteiger partial charge in [0, 0.05) is 6.04 Å². The van der Waals surface area contributed by atoms with Crippen LogP contribution in [0.2, 0.25) is 5.02 Å². The summed E-state index contributed by atoms with van der Waals surface area (Å²) >= 11 is 5.87. The van der Waals surface area contributed by atoms with Crippen molar-refractivity contribution in [3.05, 3.63) is 34.6 Å². The fraction of sp³-hybridized carbons (Fsp3) is 0.500. The van der Waals surface area contributed by atoms with Gasteiger partial charge in [-0.25, -0.2) is 4.39 Å². The normalized spacial score (nSPS) is 12.8. The van der Waals surface area contributed by atoms with Gasteiger partial charge in [-0.05, 0) is 37.9 Å². The third-order valence-corrected chi connectivity index (χ3v) is 3.12. The second-order valence-electron chi connectivity index (χ2n) is 3.65. The van der Waals surface area contributed by atoms with Crippen LogP contribution < -0.4 is 5.32 Å². The topological polar surface area (TPSA) is 12.0 Å². The first kappa shape index (κ1) is 12.5. The molecular formula is C12H17ClFN. The lowest BCUT2D eigenvalue weighted by atomic mass is 10.0. The number of halogens is 2. The van der Waals surface area contributed by atoms with E-state index in [0.717, 1.165) is 24.8 Å². The molecule has 0 saturated heterocycles. The molecule has 0 bridgehead atoms. The number of rotatable bonds is 5. The van der Waals surface area contributed by atoms with Gasteiger partial charge in [-0.3, -0.25) is 0 Å². The quantitative estimate of drug-likeness (QED) is 0.816. The highest BCUT2D eigenvalue weighted by molar-refractivity contribution is 6.31. The fourth-order valence-electron chi connectivity index (χ4n) is 1.62. The molecule has 0 aliphatic carbocycles. The van der Waals surface area contributed by atoms with Crippen LogP contribution in [0.1, 0.15) is 25.3 Å². The fourth-order valence-corrected chi connectivity index (χ4v) is 1.84. The van der Waals surface area contributed by atoms with E-state index in [1.807, 2.05) is 13.1 Å². The summed E-state index contributed by atoms with van der Waals surface area (Å²) in [5.74, 6) is -0.327. The van der Waals surface area contributed by atoms with Crippen LogP contribution in [0.25, 0.3) is 0 Å². The molecule has 1 atom stereocenters. The number of hydrogen-bond acceptors (Lipinski definition) is 1. The summed E-state index contributed by atoms with van der Waals surface area (Å²) in [5.41, 5.74) is 0.894. The summed E-state index contributed by atoms with van der Waals surface area (Å²) in [6, 6.07) is 5.45. The van der Waals surface area contributed by atoms with E-state index in [4.69, 9.17) is 11.6 Å². The lowest BCUT2D eigenvalue weighted by molar-refractivity contribution is 0.508. The Hall–Kier alpha value is -0.600. The van der Waals surface area contributed by atoms with E-state index in [1.54, 1.807) is 6.07 Å². The van der Waals surface area contributed by atoms with Crippen LogP contribution in [0.3, 0.4) is 0 Å². The Balaban J connectivity index is 2.61. The smallest absolute Gasteiger partial charge is 0.142 e. The van der Waals surface area contributed by atoms with Crippen molar-refractivity contribution in [2.75, 3.05) is 7.05 Å². The highest BCUT2D eigenvalue weighted by atomic mass is 35.5. The summed E-state index contributed by atoms with van der Waals surface area (Å²) in [5, 5.41) is 3.49.